The van der Waals surface area contributed by atoms with Gasteiger partial charge in [0.05, 0.1) is 12.1 Å². The van der Waals surface area contributed by atoms with Gasteiger partial charge in [0.15, 0.2) is 5.96 Å². The molecule has 1 aromatic carbocycles. The lowest BCUT2D eigenvalue weighted by molar-refractivity contribution is 0.0242. The summed E-state index contributed by atoms with van der Waals surface area (Å²) in [5, 5.41) is 10.8. The van der Waals surface area contributed by atoms with Gasteiger partial charge in [0.1, 0.15) is 0 Å². The maximum Gasteiger partial charge on any atom is 0.191 e. The highest BCUT2D eigenvalue weighted by Gasteiger charge is 2.34. The monoisotopic (exact) mass is 530 g/mol. The van der Waals surface area contributed by atoms with Crippen molar-refractivity contribution in [2.24, 2.45) is 4.99 Å². The number of hydrogen-bond acceptors (Lipinski definition) is 4. The highest BCUT2D eigenvalue weighted by atomic mass is 127. The third-order valence-corrected chi connectivity index (χ3v) is 6.09. The number of guanidine groups is 1. The van der Waals surface area contributed by atoms with Gasteiger partial charge in [-0.1, -0.05) is 30.3 Å². The van der Waals surface area contributed by atoms with Crippen molar-refractivity contribution in [3.63, 3.8) is 0 Å². The molecule has 3 N–H and O–H groups in total. The van der Waals surface area contributed by atoms with Gasteiger partial charge in [-0.15, -0.1) is 24.0 Å². The van der Waals surface area contributed by atoms with Crippen LogP contribution in [0.2, 0.25) is 0 Å². The van der Waals surface area contributed by atoms with Crippen molar-refractivity contribution in [1.82, 2.24) is 16.0 Å². The minimum Gasteiger partial charge on any atom is -0.381 e. The van der Waals surface area contributed by atoms with Crippen molar-refractivity contribution < 1.29 is 9.47 Å². The van der Waals surface area contributed by atoms with Crippen molar-refractivity contribution in [3.05, 3.63) is 35.9 Å². The van der Waals surface area contributed by atoms with Gasteiger partial charge in [0.2, 0.25) is 0 Å². The largest absolute Gasteiger partial charge is 0.381 e. The van der Waals surface area contributed by atoms with Gasteiger partial charge in [-0.05, 0) is 52.0 Å². The predicted molar refractivity (Wildman–Crippen MR) is 134 cm³/mol. The number of nitrogens with one attached hydrogen (secondary N) is 3. The molecule has 0 bridgehead atoms. The molecule has 0 radical (unpaired) electrons. The average Bonchev–Trinajstić information content (AvgIpc) is 3.18. The Morgan fingerprint density at radius 1 is 1.10 bits per heavy atom. The molecule has 0 amide bonds. The molecule has 0 aromatic heterocycles. The fourth-order valence-corrected chi connectivity index (χ4v) is 4.21. The molecule has 170 valence electrons. The van der Waals surface area contributed by atoms with Gasteiger partial charge in [0.25, 0.3) is 0 Å². The van der Waals surface area contributed by atoms with Gasteiger partial charge >= 0.3 is 0 Å². The molecule has 2 unspecified atom stereocenters. The van der Waals surface area contributed by atoms with Crippen LogP contribution in [-0.4, -0.2) is 56.6 Å². The van der Waals surface area contributed by atoms with Crippen LogP contribution in [0.5, 0.6) is 0 Å². The van der Waals surface area contributed by atoms with E-state index in [-0.39, 0.29) is 41.2 Å². The average molecular weight is 530 g/mol. The molecule has 2 aliphatic rings. The third kappa shape index (κ3) is 7.35. The summed E-state index contributed by atoms with van der Waals surface area (Å²) < 4.78 is 11.6. The number of ether oxygens (including phenoxy) is 2. The molecule has 2 saturated heterocycles. The molecule has 2 aliphatic heterocycles. The topological polar surface area (TPSA) is 66.9 Å². The molecular weight excluding hydrogens is 491 g/mol. The van der Waals surface area contributed by atoms with E-state index >= 15 is 0 Å². The van der Waals surface area contributed by atoms with E-state index in [0.717, 1.165) is 71.1 Å². The van der Waals surface area contributed by atoms with E-state index in [2.05, 4.69) is 67.1 Å². The molecule has 3 rings (SSSR count). The summed E-state index contributed by atoms with van der Waals surface area (Å²) in [5.74, 6) is 0.865. The molecular formula is C23H39IN4O2. The zero-order valence-corrected chi connectivity index (χ0v) is 21.0. The number of rotatable bonds is 8. The summed E-state index contributed by atoms with van der Waals surface area (Å²) in [4.78, 5) is 4.97. The summed E-state index contributed by atoms with van der Waals surface area (Å²) in [6, 6.07) is 10.9. The zero-order valence-electron chi connectivity index (χ0n) is 18.7. The van der Waals surface area contributed by atoms with Crippen LogP contribution in [0.25, 0.3) is 0 Å². The smallest absolute Gasteiger partial charge is 0.191 e. The Hall–Kier alpha value is -0.900. The summed E-state index contributed by atoms with van der Waals surface area (Å²) >= 11 is 0. The van der Waals surface area contributed by atoms with Crippen LogP contribution in [-0.2, 0) is 9.47 Å². The molecule has 0 aliphatic carbocycles. The van der Waals surface area contributed by atoms with Gasteiger partial charge in [-0.2, -0.15) is 0 Å². The predicted octanol–water partition coefficient (Wildman–Crippen LogP) is 3.63. The summed E-state index contributed by atoms with van der Waals surface area (Å²) in [6.07, 6.45) is 4.16. The standard InChI is InChI=1S/C23H38N4O2.HI/c1-4-24-21(25-17-22(3)11-8-14-29-22)26-18-23(12-15-28-16-13-23)27-19(2)20-9-6-5-7-10-20;/h5-7,9-10,19,27H,4,8,11-18H2,1-3H3,(H2,24,25,26);1H. The number of benzene rings is 1. The summed E-state index contributed by atoms with van der Waals surface area (Å²) in [7, 11) is 0. The van der Waals surface area contributed by atoms with E-state index in [1.165, 1.54) is 5.56 Å². The van der Waals surface area contributed by atoms with Crippen molar-refractivity contribution in [2.45, 2.75) is 63.6 Å². The number of nitrogens with zero attached hydrogens (tertiary/aromatic N) is 1. The molecule has 2 atom stereocenters. The van der Waals surface area contributed by atoms with Crippen LogP contribution in [0.15, 0.2) is 35.3 Å². The van der Waals surface area contributed by atoms with E-state index in [1.54, 1.807) is 0 Å². The molecule has 1 aromatic rings. The van der Waals surface area contributed by atoms with Crippen molar-refractivity contribution >= 4 is 29.9 Å². The number of aliphatic imine (C=N–C) groups is 1. The van der Waals surface area contributed by atoms with Gasteiger partial charge in [0, 0.05) is 44.5 Å². The summed E-state index contributed by atoms with van der Waals surface area (Å²) in [6.45, 7) is 11.3. The SMILES string of the molecule is CCNC(=NCC1(NC(C)c2ccccc2)CCOCC1)NCC1(C)CCCO1.I. The Bertz CT molecular complexity index is 644. The molecule has 0 spiro atoms. The van der Waals surface area contributed by atoms with Gasteiger partial charge < -0.3 is 25.4 Å². The van der Waals surface area contributed by atoms with E-state index in [4.69, 9.17) is 14.5 Å². The van der Waals surface area contributed by atoms with E-state index in [0.29, 0.717) is 0 Å². The van der Waals surface area contributed by atoms with Crippen molar-refractivity contribution in [1.29, 1.82) is 0 Å². The lowest BCUT2D eigenvalue weighted by Gasteiger charge is -2.39. The Kier molecular flexibility index (Phi) is 10.3. The Morgan fingerprint density at radius 3 is 2.47 bits per heavy atom. The Labute approximate surface area is 199 Å². The zero-order chi connectivity index (χ0) is 20.6. The first-order valence-electron chi connectivity index (χ1n) is 11.1. The lowest BCUT2D eigenvalue weighted by atomic mass is 9.88. The first-order valence-corrected chi connectivity index (χ1v) is 11.1. The third-order valence-electron chi connectivity index (χ3n) is 6.09. The fraction of sp³-hybridized carbons (Fsp3) is 0.696. The van der Waals surface area contributed by atoms with Crippen LogP contribution in [0.1, 0.15) is 58.1 Å². The lowest BCUT2D eigenvalue weighted by Crippen LogP contribution is -2.53. The highest BCUT2D eigenvalue weighted by molar-refractivity contribution is 14.0. The second-order valence-corrected chi connectivity index (χ2v) is 8.62. The van der Waals surface area contributed by atoms with E-state index in [9.17, 15) is 0 Å². The Balaban J connectivity index is 0.00000320. The van der Waals surface area contributed by atoms with E-state index in [1.807, 2.05) is 0 Å². The minimum atomic E-state index is -0.0906. The maximum absolute atomic E-state index is 5.91. The van der Waals surface area contributed by atoms with Crippen LogP contribution < -0.4 is 16.0 Å². The molecule has 6 nitrogen and oxygen atoms in total. The number of hydrogen-bond donors (Lipinski definition) is 3. The molecule has 0 saturated carbocycles. The Morgan fingerprint density at radius 2 is 1.83 bits per heavy atom. The molecule has 30 heavy (non-hydrogen) atoms. The molecule has 2 heterocycles. The first-order chi connectivity index (χ1) is 14.0. The maximum atomic E-state index is 5.91. The summed E-state index contributed by atoms with van der Waals surface area (Å²) in [5.41, 5.74) is 1.16. The van der Waals surface area contributed by atoms with Gasteiger partial charge in [-0.3, -0.25) is 4.99 Å². The van der Waals surface area contributed by atoms with Crippen LogP contribution >= 0.6 is 24.0 Å². The van der Waals surface area contributed by atoms with E-state index < -0.39 is 0 Å². The normalized spacial score (nSPS) is 24.7. The highest BCUT2D eigenvalue weighted by Crippen LogP contribution is 2.26. The minimum absolute atomic E-state index is 0. The van der Waals surface area contributed by atoms with Crippen LogP contribution in [0.4, 0.5) is 0 Å². The molecule has 2 fully saturated rings. The first kappa shape index (κ1) is 25.4. The second-order valence-electron chi connectivity index (χ2n) is 8.62. The van der Waals surface area contributed by atoms with Gasteiger partial charge in [-0.25, -0.2) is 0 Å². The van der Waals surface area contributed by atoms with Crippen LogP contribution in [0.3, 0.4) is 0 Å². The van der Waals surface area contributed by atoms with Crippen molar-refractivity contribution in [3.8, 4) is 0 Å². The second kappa shape index (κ2) is 12.2. The van der Waals surface area contributed by atoms with Crippen LogP contribution in [0, 0.1) is 0 Å². The quantitative estimate of drug-likeness (QED) is 0.272. The fourth-order valence-electron chi connectivity index (χ4n) is 4.21. The number of halogens is 1. The molecule has 7 heteroatoms. The van der Waals surface area contributed by atoms with Crippen molar-refractivity contribution in [2.75, 3.05) is 39.5 Å².